The van der Waals surface area contributed by atoms with E-state index in [-0.39, 0.29) is 4.90 Å². The minimum atomic E-state index is -4.17. The summed E-state index contributed by atoms with van der Waals surface area (Å²) in [6, 6.07) is 3.83. The molecule has 0 bridgehead atoms. The zero-order chi connectivity index (χ0) is 20.1. The highest BCUT2D eigenvalue weighted by Gasteiger charge is 2.18. The van der Waals surface area contributed by atoms with Gasteiger partial charge in [0.15, 0.2) is 0 Å². The molecule has 0 amide bonds. The molecule has 0 saturated heterocycles. The van der Waals surface area contributed by atoms with Gasteiger partial charge in [0.2, 0.25) is 0 Å². The zero-order valence-electron chi connectivity index (χ0n) is 17.7. The Hall–Kier alpha value is -0.870. The second-order valence-corrected chi connectivity index (χ2v) is 9.17. The summed E-state index contributed by atoms with van der Waals surface area (Å²) in [5, 5.41) is 0. The second kappa shape index (κ2) is 13.3. The van der Waals surface area contributed by atoms with Crippen molar-refractivity contribution in [1.82, 2.24) is 0 Å². The van der Waals surface area contributed by atoms with Crippen molar-refractivity contribution in [2.75, 3.05) is 0 Å². The topological polar surface area (TPSA) is 54.4 Å². The molecule has 0 aromatic heterocycles. The highest BCUT2D eigenvalue weighted by atomic mass is 32.2. The van der Waals surface area contributed by atoms with Crippen LogP contribution >= 0.6 is 0 Å². The predicted molar refractivity (Wildman–Crippen MR) is 115 cm³/mol. The van der Waals surface area contributed by atoms with Gasteiger partial charge in [-0.15, -0.1) is 0 Å². The SMILES string of the molecule is CCCCCCCCCc1cc(CCCC)c(S(=O)(=O)O)cc1CCCC. The van der Waals surface area contributed by atoms with E-state index in [0.717, 1.165) is 56.1 Å². The van der Waals surface area contributed by atoms with Crippen molar-refractivity contribution in [2.45, 2.75) is 116 Å². The molecule has 1 aromatic rings. The van der Waals surface area contributed by atoms with Gasteiger partial charge in [-0.1, -0.05) is 78.2 Å². The van der Waals surface area contributed by atoms with Crippen molar-refractivity contribution < 1.29 is 13.0 Å². The Labute approximate surface area is 167 Å². The van der Waals surface area contributed by atoms with Gasteiger partial charge in [-0.2, -0.15) is 8.42 Å². The van der Waals surface area contributed by atoms with E-state index in [0.29, 0.717) is 6.42 Å². The number of unbranched alkanes of at least 4 members (excludes halogenated alkanes) is 8. The van der Waals surface area contributed by atoms with Crippen LogP contribution in [0.5, 0.6) is 0 Å². The molecule has 156 valence electrons. The van der Waals surface area contributed by atoms with Crippen LogP contribution in [-0.4, -0.2) is 13.0 Å². The van der Waals surface area contributed by atoms with Gasteiger partial charge in [-0.25, -0.2) is 0 Å². The first-order valence-electron chi connectivity index (χ1n) is 11.1. The van der Waals surface area contributed by atoms with Crippen molar-refractivity contribution in [3.8, 4) is 0 Å². The quantitative estimate of drug-likeness (QED) is 0.259. The Balaban J connectivity index is 2.91. The fraction of sp³-hybridized carbons (Fsp3) is 0.739. The molecule has 0 saturated carbocycles. The number of rotatable bonds is 15. The van der Waals surface area contributed by atoms with Crippen molar-refractivity contribution >= 4 is 10.1 Å². The molecule has 27 heavy (non-hydrogen) atoms. The standard InChI is InChI=1S/C23H40O3S/c1-4-7-10-11-12-13-14-17-20-18-22(16-9-6-3)23(27(24,25)26)19-21(20)15-8-5-2/h18-19H,4-17H2,1-3H3,(H,24,25,26). The summed E-state index contributed by atoms with van der Waals surface area (Å²) in [5.74, 6) is 0. The lowest BCUT2D eigenvalue weighted by molar-refractivity contribution is 0.481. The minimum absolute atomic E-state index is 0.130. The fourth-order valence-electron chi connectivity index (χ4n) is 3.63. The van der Waals surface area contributed by atoms with Gasteiger partial charge in [-0.3, -0.25) is 4.55 Å². The lowest BCUT2D eigenvalue weighted by Gasteiger charge is -2.15. The van der Waals surface area contributed by atoms with Crippen LogP contribution < -0.4 is 0 Å². The largest absolute Gasteiger partial charge is 0.294 e. The van der Waals surface area contributed by atoms with E-state index in [1.54, 1.807) is 6.07 Å². The minimum Gasteiger partial charge on any atom is -0.282 e. The van der Waals surface area contributed by atoms with Crippen LogP contribution in [-0.2, 0) is 29.4 Å². The van der Waals surface area contributed by atoms with Gasteiger partial charge < -0.3 is 0 Å². The summed E-state index contributed by atoms with van der Waals surface area (Å²) in [4.78, 5) is 0.130. The van der Waals surface area contributed by atoms with E-state index in [2.05, 4.69) is 26.8 Å². The van der Waals surface area contributed by atoms with Gasteiger partial charge in [0, 0.05) is 0 Å². The average Bonchev–Trinajstić information content (AvgIpc) is 2.63. The summed E-state index contributed by atoms with van der Waals surface area (Å²) >= 11 is 0. The number of hydrogen-bond acceptors (Lipinski definition) is 2. The van der Waals surface area contributed by atoms with Crippen LogP contribution in [0.2, 0.25) is 0 Å². The molecule has 1 aromatic carbocycles. The summed E-state index contributed by atoms with van der Waals surface area (Å²) in [6.45, 7) is 6.49. The van der Waals surface area contributed by atoms with Crippen molar-refractivity contribution in [3.05, 3.63) is 28.8 Å². The summed E-state index contributed by atoms with van der Waals surface area (Å²) in [6.07, 6.45) is 15.6. The molecule has 0 radical (unpaired) electrons. The van der Waals surface area contributed by atoms with Crippen LogP contribution in [0.4, 0.5) is 0 Å². The Kier molecular flexibility index (Phi) is 11.9. The maximum atomic E-state index is 11.9. The molecular formula is C23H40O3S. The lowest BCUT2D eigenvalue weighted by atomic mass is 9.93. The first-order valence-corrected chi connectivity index (χ1v) is 12.5. The Morgan fingerprint density at radius 2 is 1.07 bits per heavy atom. The summed E-state index contributed by atoms with van der Waals surface area (Å²) in [7, 11) is -4.17. The van der Waals surface area contributed by atoms with Crippen molar-refractivity contribution in [1.29, 1.82) is 0 Å². The number of benzene rings is 1. The zero-order valence-corrected chi connectivity index (χ0v) is 18.5. The molecule has 0 fully saturated rings. The molecule has 1 N–H and O–H groups in total. The van der Waals surface area contributed by atoms with Gasteiger partial charge in [0.1, 0.15) is 0 Å². The molecule has 4 heteroatoms. The van der Waals surface area contributed by atoms with Crippen LogP contribution in [0.25, 0.3) is 0 Å². The summed E-state index contributed by atoms with van der Waals surface area (Å²) < 4.78 is 33.5. The van der Waals surface area contributed by atoms with Crippen molar-refractivity contribution in [3.63, 3.8) is 0 Å². The van der Waals surface area contributed by atoms with Crippen LogP contribution in [0, 0.1) is 0 Å². The molecule has 0 aliphatic carbocycles. The highest BCUT2D eigenvalue weighted by Crippen LogP contribution is 2.26. The number of aryl methyl sites for hydroxylation is 3. The smallest absolute Gasteiger partial charge is 0.282 e. The molecule has 3 nitrogen and oxygen atoms in total. The molecule has 1 rings (SSSR count). The normalized spacial score (nSPS) is 11.9. The first-order chi connectivity index (χ1) is 12.9. The maximum Gasteiger partial charge on any atom is 0.294 e. The van der Waals surface area contributed by atoms with Gasteiger partial charge in [0.25, 0.3) is 10.1 Å². The monoisotopic (exact) mass is 396 g/mol. The van der Waals surface area contributed by atoms with Crippen molar-refractivity contribution in [2.24, 2.45) is 0 Å². The van der Waals surface area contributed by atoms with Gasteiger partial charge >= 0.3 is 0 Å². The Morgan fingerprint density at radius 3 is 1.63 bits per heavy atom. The van der Waals surface area contributed by atoms with E-state index in [1.165, 1.54) is 44.1 Å². The molecule has 0 heterocycles. The summed E-state index contributed by atoms with van der Waals surface area (Å²) in [5.41, 5.74) is 3.18. The predicted octanol–water partition coefficient (Wildman–Crippen LogP) is 6.91. The molecule has 0 unspecified atom stereocenters. The van der Waals surface area contributed by atoms with E-state index in [4.69, 9.17) is 0 Å². The first kappa shape index (κ1) is 24.2. The fourth-order valence-corrected chi connectivity index (χ4v) is 4.41. The van der Waals surface area contributed by atoms with Gasteiger partial charge in [0.05, 0.1) is 4.90 Å². The molecule has 0 spiro atoms. The third kappa shape index (κ3) is 9.25. The molecule has 0 aliphatic heterocycles. The van der Waals surface area contributed by atoms with Crippen LogP contribution in [0.15, 0.2) is 17.0 Å². The Bertz CT molecular complexity index is 635. The van der Waals surface area contributed by atoms with E-state index < -0.39 is 10.1 Å². The number of hydrogen-bond donors (Lipinski definition) is 1. The van der Waals surface area contributed by atoms with E-state index in [1.807, 2.05) is 0 Å². The molecular weight excluding hydrogens is 356 g/mol. The van der Waals surface area contributed by atoms with E-state index in [9.17, 15) is 13.0 Å². The average molecular weight is 397 g/mol. The lowest BCUT2D eigenvalue weighted by Crippen LogP contribution is -2.08. The molecule has 0 atom stereocenters. The third-order valence-electron chi connectivity index (χ3n) is 5.31. The second-order valence-electron chi connectivity index (χ2n) is 7.78. The Morgan fingerprint density at radius 1 is 0.630 bits per heavy atom. The highest BCUT2D eigenvalue weighted by molar-refractivity contribution is 7.85. The van der Waals surface area contributed by atoms with Crippen LogP contribution in [0.3, 0.4) is 0 Å². The van der Waals surface area contributed by atoms with Crippen LogP contribution in [0.1, 0.15) is 108 Å². The molecule has 0 aliphatic rings. The van der Waals surface area contributed by atoms with Gasteiger partial charge in [-0.05, 0) is 61.3 Å². The maximum absolute atomic E-state index is 11.9. The third-order valence-corrected chi connectivity index (χ3v) is 6.25. The van der Waals surface area contributed by atoms with E-state index >= 15 is 0 Å².